The zero-order valence-electron chi connectivity index (χ0n) is 11.1. The highest BCUT2D eigenvalue weighted by atomic mass is 16.4. The molecule has 1 amide bonds. The van der Waals surface area contributed by atoms with Crippen LogP contribution in [0.25, 0.3) is 0 Å². The number of carboxylic acids is 1. The molecule has 2 rings (SSSR count). The minimum atomic E-state index is -0.795. The van der Waals surface area contributed by atoms with Crippen molar-refractivity contribution in [3.63, 3.8) is 0 Å². The molecule has 2 unspecified atom stereocenters. The van der Waals surface area contributed by atoms with Crippen LogP contribution in [0.15, 0.2) is 0 Å². The van der Waals surface area contributed by atoms with Crippen molar-refractivity contribution in [2.75, 3.05) is 0 Å². The standard InChI is InChI=1S/C14H23NO3/c1-2-5-10-8-11(10)15-12(16)9-14(13(17)18)6-3-4-7-14/h10-11H,2-9H2,1H3,(H,15,16)(H,17,18). The van der Waals surface area contributed by atoms with Gasteiger partial charge in [0.05, 0.1) is 5.41 Å². The average Bonchev–Trinajstić information content (AvgIpc) is 2.85. The number of carboxylic acid groups (broad SMARTS) is 1. The molecular formula is C14H23NO3. The Bertz CT molecular complexity index is 334. The van der Waals surface area contributed by atoms with E-state index in [1.807, 2.05) is 0 Å². The highest BCUT2D eigenvalue weighted by Crippen LogP contribution is 2.42. The second-order valence-electron chi connectivity index (χ2n) is 5.93. The number of hydrogen-bond acceptors (Lipinski definition) is 2. The Morgan fingerprint density at radius 2 is 2.00 bits per heavy atom. The van der Waals surface area contributed by atoms with E-state index in [0.29, 0.717) is 24.8 Å². The normalized spacial score (nSPS) is 28.9. The smallest absolute Gasteiger partial charge is 0.310 e. The number of amides is 1. The van der Waals surface area contributed by atoms with E-state index in [9.17, 15) is 14.7 Å². The molecule has 0 bridgehead atoms. The van der Waals surface area contributed by atoms with Crippen molar-refractivity contribution in [3.05, 3.63) is 0 Å². The molecule has 2 atom stereocenters. The van der Waals surface area contributed by atoms with Crippen LogP contribution >= 0.6 is 0 Å². The van der Waals surface area contributed by atoms with Gasteiger partial charge in [0.25, 0.3) is 0 Å². The van der Waals surface area contributed by atoms with E-state index >= 15 is 0 Å². The lowest BCUT2D eigenvalue weighted by atomic mass is 9.82. The van der Waals surface area contributed by atoms with Gasteiger partial charge in [-0.05, 0) is 31.6 Å². The summed E-state index contributed by atoms with van der Waals surface area (Å²) in [5, 5.41) is 12.3. The fourth-order valence-corrected chi connectivity index (χ4v) is 3.20. The SMILES string of the molecule is CCCC1CC1NC(=O)CC1(C(=O)O)CCCC1. The lowest BCUT2D eigenvalue weighted by Crippen LogP contribution is -2.36. The number of carbonyl (C=O) groups excluding carboxylic acids is 1. The quantitative estimate of drug-likeness (QED) is 0.763. The zero-order chi connectivity index (χ0) is 13.2. The van der Waals surface area contributed by atoms with Gasteiger partial charge in [0.15, 0.2) is 0 Å². The van der Waals surface area contributed by atoms with E-state index in [-0.39, 0.29) is 12.3 Å². The first-order valence-electron chi connectivity index (χ1n) is 7.10. The Morgan fingerprint density at radius 3 is 2.56 bits per heavy atom. The summed E-state index contributed by atoms with van der Waals surface area (Å²) < 4.78 is 0. The van der Waals surface area contributed by atoms with Crippen molar-refractivity contribution >= 4 is 11.9 Å². The van der Waals surface area contributed by atoms with Crippen molar-refractivity contribution in [3.8, 4) is 0 Å². The van der Waals surface area contributed by atoms with E-state index in [0.717, 1.165) is 32.1 Å². The summed E-state index contributed by atoms with van der Waals surface area (Å²) in [6.45, 7) is 2.15. The molecule has 0 aromatic carbocycles. The highest BCUT2D eigenvalue weighted by molar-refractivity contribution is 5.85. The number of rotatable bonds is 6. The van der Waals surface area contributed by atoms with Crippen molar-refractivity contribution in [2.45, 2.75) is 64.3 Å². The molecular weight excluding hydrogens is 230 g/mol. The predicted molar refractivity (Wildman–Crippen MR) is 68.1 cm³/mol. The van der Waals surface area contributed by atoms with Crippen molar-refractivity contribution in [2.24, 2.45) is 11.3 Å². The van der Waals surface area contributed by atoms with Gasteiger partial charge in [-0.3, -0.25) is 9.59 Å². The third kappa shape index (κ3) is 2.85. The molecule has 18 heavy (non-hydrogen) atoms. The largest absolute Gasteiger partial charge is 0.481 e. The Labute approximate surface area is 108 Å². The maximum Gasteiger partial charge on any atom is 0.310 e. The lowest BCUT2D eigenvalue weighted by molar-refractivity contribution is -0.151. The van der Waals surface area contributed by atoms with Gasteiger partial charge in [-0.2, -0.15) is 0 Å². The van der Waals surface area contributed by atoms with Crippen LogP contribution in [0.4, 0.5) is 0 Å². The minimum Gasteiger partial charge on any atom is -0.481 e. The van der Waals surface area contributed by atoms with Gasteiger partial charge in [-0.1, -0.05) is 26.2 Å². The van der Waals surface area contributed by atoms with E-state index in [4.69, 9.17) is 0 Å². The second-order valence-corrected chi connectivity index (χ2v) is 5.93. The molecule has 4 heteroatoms. The third-order valence-corrected chi connectivity index (χ3v) is 4.44. The predicted octanol–water partition coefficient (Wildman–Crippen LogP) is 2.33. The Balaban J connectivity index is 1.82. The maximum atomic E-state index is 11.9. The zero-order valence-corrected chi connectivity index (χ0v) is 11.1. The first-order chi connectivity index (χ1) is 8.57. The van der Waals surface area contributed by atoms with Crippen LogP contribution in [-0.2, 0) is 9.59 Å². The summed E-state index contributed by atoms with van der Waals surface area (Å²) in [5.74, 6) is -0.234. The number of aliphatic carboxylic acids is 1. The number of carbonyl (C=O) groups is 2. The topological polar surface area (TPSA) is 66.4 Å². The Kier molecular flexibility index (Phi) is 3.93. The molecule has 0 radical (unpaired) electrons. The van der Waals surface area contributed by atoms with Gasteiger partial charge in [0.1, 0.15) is 0 Å². The molecule has 0 saturated heterocycles. The van der Waals surface area contributed by atoms with Crippen LogP contribution in [0.3, 0.4) is 0 Å². The van der Waals surface area contributed by atoms with Gasteiger partial charge in [0.2, 0.25) is 5.91 Å². The molecule has 2 N–H and O–H groups in total. The van der Waals surface area contributed by atoms with Crippen LogP contribution in [0.2, 0.25) is 0 Å². The van der Waals surface area contributed by atoms with Gasteiger partial charge >= 0.3 is 5.97 Å². The molecule has 0 aliphatic heterocycles. The van der Waals surface area contributed by atoms with E-state index < -0.39 is 11.4 Å². The molecule has 0 spiro atoms. The van der Waals surface area contributed by atoms with Crippen molar-refractivity contribution in [1.29, 1.82) is 0 Å². The third-order valence-electron chi connectivity index (χ3n) is 4.44. The molecule has 2 fully saturated rings. The average molecular weight is 253 g/mol. The van der Waals surface area contributed by atoms with Gasteiger partial charge in [0, 0.05) is 12.5 Å². The van der Waals surface area contributed by atoms with Crippen LogP contribution in [0.5, 0.6) is 0 Å². The van der Waals surface area contributed by atoms with Crippen molar-refractivity contribution < 1.29 is 14.7 Å². The fourth-order valence-electron chi connectivity index (χ4n) is 3.20. The summed E-state index contributed by atoms with van der Waals surface area (Å²) in [5.41, 5.74) is -0.779. The first-order valence-corrected chi connectivity index (χ1v) is 7.10. The minimum absolute atomic E-state index is 0.0668. The first kappa shape index (κ1) is 13.4. The van der Waals surface area contributed by atoms with Crippen LogP contribution < -0.4 is 5.32 Å². The molecule has 0 aromatic rings. The Hall–Kier alpha value is -1.06. The van der Waals surface area contributed by atoms with Gasteiger partial charge in [-0.15, -0.1) is 0 Å². The van der Waals surface area contributed by atoms with E-state index in [1.54, 1.807) is 0 Å². The summed E-state index contributed by atoms with van der Waals surface area (Å²) in [6, 6.07) is 0.310. The van der Waals surface area contributed by atoms with Crippen LogP contribution in [-0.4, -0.2) is 23.0 Å². The molecule has 0 heterocycles. The van der Waals surface area contributed by atoms with E-state index in [1.165, 1.54) is 0 Å². The van der Waals surface area contributed by atoms with Crippen molar-refractivity contribution in [1.82, 2.24) is 5.32 Å². The summed E-state index contributed by atoms with van der Waals surface area (Å²) in [6.07, 6.45) is 6.71. The molecule has 2 aliphatic carbocycles. The summed E-state index contributed by atoms with van der Waals surface area (Å²) in [4.78, 5) is 23.3. The Morgan fingerprint density at radius 1 is 1.33 bits per heavy atom. The van der Waals surface area contributed by atoms with Gasteiger partial charge in [-0.25, -0.2) is 0 Å². The molecule has 102 valence electrons. The molecule has 0 aromatic heterocycles. The number of nitrogens with one attached hydrogen (secondary N) is 1. The fraction of sp³-hybridized carbons (Fsp3) is 0.857. The molecule has 4 nitrogen and oxygen atoms in total. The maximum absolute atomic E-state index is 11.9. The molecule has 2 aliphatic rings. The summed E-state index contributed by atoms with van der Waals surface area (Å²) >= 11 is 0. The number of hydrogen-bond donors (Lipinski definition) is 2. The van der Waals surface area contributed by atoms with Gasteiger partial charge < -0.3 is 10.4 Å². The summed E-state index contributed by atoms with van der Waals surface area (Å²) in [7, 11) is 0. The second kappa shape index (κ2) is 5.29. The highest BCUT2D eigenvalue weighted by Gasteiger charge is 2.44. The van der Waals surface area contributed by atoms with E-state index in [2.05, 4.69) is 12.2 Å². The lowest BCUT2D eigenvalue weighted by Gasteiger charge is -2.22. The monoisotopic (exact) mass is 253 g/mol. The van der Waals surface area contributed by atoms with Crippen LogP contribution in [0, 0.1) is 11.3 Å². The molecule has 2 saturated carbocycles. The van der Waals surface area contributed by atoms with Crippen LogP contribution in [0.1, 0.15) is 58.3 Å².